The molecule has 0 spiro atoms. The van der Waals surface area contributed by atoms with Gasteiger partial charge in [-0.15, -0.1) is 0 Å². The van der Waals surface area contributed by atoms with E-state index in [0.29, 0.717) is 6.04 Å². The molecule has 3 rings (SSSR count). The Balaban J connectivity index is 1.59. The molecule has 0 radical (unpaired) electrons. The van der Waals surface area contributed by atoms with Crippen LogP contribution in [0.3, 0.4) is 0 Å². The maximum Gasteiger partial charge on any atom is 0.123 e. The molecule has 4 heteroatoms. The van der Waals surface area contributed by atoms with E-state index < -0.39 is 5.54 Å². The zero-order chi connectivity index (χ0) is 14.7. The van der Waals surface area contributed by atoms with E-state index in [9.17, 15) is 5.26 Å². The van der Waals surface area contributed by atoms with E-state index in [1.165, 1.54) is 18.4 Å². The van der Waals surface area contributed by atoms with Gasteiger partial charge in [0.2, 0.25) is 0 Å². The molecule has 2 aliphatic rings. The second-order valence-corrected chi connectivity index (χ2v) is 6.34. The number of nitrogens with one attached hydrogen (secondary N) is 1. The van der Waals surface area contributed by atoms with Crippen LogP contribution in [0.2, 0.25) is 0 Å². The third-order valence-electron chi connectivity index (χ3n) is 4.31. The number of benzene rings is 1. The Kier molecular flexibility index (Phi) is 4.14. The Hall–Kier alpha value is -1.57. The molecule has 0 aromatic heterocycles. The van der Waals surface area contributed by atoms with Crippen molar-refractivity contribution < 1.29 is 4.74 Å². The summed E-state index contributed by atoms with van der Waals surface area (Å²) in [5, 5.41) is 12.9. The van der Waals surface area contributed by atoms with Gasteiger partial charge in [0.25, 0.3) is 0 Å². The Morgan fingerprint density at radius 2 is 2.24 bits per heavy atom. The van der Waals surface area contributed by atoms with Crippen LogP contribution in [0.4, 0.5) is 0 Å². The van der Waals surface area contributed by atoms with Gasteiger partial charge in [-0.3, -0.25) is 10.2 Å². The summed E-state index contributed by atoms with van der Waals surface area (Å²) < 4.78 is 5.79. The van der Waals surface area contributed by atoms with Crippen LogP contribution in [0.25, 0.3) is 0 Å². The van der Waals surface area contributed by atoms with Crippen LogP contribution in [0.1, 0.15) is 31.7 Å². The van der Waals surface area contributed by atoms with Crippen LogP contribution < -0.4 is 10.1 Å². The molecule has 0 amide bonds. The van der Waals surface area contributed by atoms with Crippen LogP contribution in [-0.4, -0.2) is 36.2 Å². The van der Waals surface area contributed by atoms with Crippen molar-refractivity contribution >= 4 is 0 Å². The number of ether oxygens (including phenoxy) is 1. The molecule has 1 aromatic carbocycles. The highest BCUT2D eigenvalue weighted by molar-refractivity contribution is 5.33. The van der Waals surface area contributed by atoms with E-state index >= 15 is 0 Å². The molecule has 1 unspecified atom stereocenters. The largest absolute Gasteiger partial charge is 0.492 e. The molecule has 4 nitrogen and oxygen atoms in total. The number of nitriles is 1. The van der Waals surface area contributed by atoms with Gasteiger partial charge in [-0.05, 0) is 32.3 Å². The summed E-state index contributed by atoms with van der Waals surface area (Å²) in [6.45, 7) is 5.48. The summed E-state index contributed by atoms with van der Waals surface area (Å²) in [4.78, 5) is 2.38. The number of fused-ring (bicyclic) bond motifs is 1. The van der Waals surface area contributed by atoms with Gasteiger partial charge in [0, 0.05) is 31.2 Å². The lowest BCUT2D eigenvalue weighted by atomic mass is 9.99. The van der Waals surface area contributed by atoms with Crippen molar-refractivity contribution in [2.45, 2.75) is 44.3 Å². The van der Waals surface area contributed by atoms with E-state index in [-0.39, 0.29) is 0 Å². The molecule has 1 fully saturated rings. The first kappa shape index (κ1) is 14.4. The van der Waals surface area contributed by atoms with Crippen LogP contribution in [0.5, 0.6) is 5.75 Å². The van der Waals surface area contributed by atoms with Crippen molar-refractivity contribution in [3.8, 4) is 11.8 Å². The van der Waals surface area contributed by atoms with Crippen LogP contribution in [0.15, 0.2) is 24.3 Å². The van der Waals surface area contributed by atoms with Gasteiger partial charge >= 0.3 is 0 Å². The van der Waals surface area contributed by atoms with Gasteiger partial charge in [0.15, 0.2) is 0 Å². The molecule has 1 heterocycles. The number of nitrogens with zero attached hydrogens (tertiary/aromatic N) is 2. The van der Waals surface area contributed by atoms with Crippen molar-refractivity contribution in [3.05, 3.63) is 29.8 Å². The maximum atomic E-state index is 9.45. The Bertz CT molecular complexity index is 535. The zero-order valence-corrected chi connectivity index (χ0v) is 12.6. The summed E-state index contributed by atoms with van der Waals surface area (Å²) in [5.74, 6) is 0.999. The smallest absolute Gasteiger partial charge is 0.123 e. The zero-order valence-electron chi connectivity index (χ0n) is 12.6. The van der Waals surface area contributed by atoms with E-state index in [1.807, 2.05) is 19.1 Å². The SMILES string of the molecule is CC(C#N)(CCN1CCOc2ccccc2C1)NC1CC1. The second-order valence-electron chi connectivity index (χ2n) is 6.34. The molecule has 1 aromatic rings. The van der Waals surface area contributed by atoms with Crippen molar-refractivity contribution in [1.29, 1.82) is 5.26 Å². The summed E-state index contributed by atoms with van der Waals surface area (Å²) in [6, 6.07) is 11.2. The second kappa shape index (κ2) is 6.05. The summed E-state index contributed by atoms with van der Waals surface area (Å²) >= 11 is 0. The lowest BCUT2D eigenvalue weighted by Gasteiger charge is -2.27. The van der Waals surface area contributed by atoms with Crippen molar-refractivity contribution in [3.63, 3.8) is 0 Å². The van der Waals surface area contributed by atoms with E-state index in [1.54, 1.807) is 0 Å². The maximum absolute atomic E-state index is 9.45. The number of rotatable bonds is 5. The third kappa shape index (κ3) is 3.75. The first-order chi connectivity index (χ1) is 10.2. The Labute approximate surface area is 126 Å². The fourth-order valence-corrected chi connectivity index (χ4v) is 2.79. The molecule has 112 valence electrons. The molecule has 1 aliphatic heterocycles. The average Bonchev–Trinajstić information content (AvgIpc) is 3.31. The van der Waals surface area contributed by atoms with Crippen molar-refractivity contribution in [2.24, 2.45) is 0 Å². The minimum absolute atomic E-state index is 0.409. The lowest BCUT2D eigenvalue weighted by Crippen LogP contribution is -2.45. The van der Waals surface area contributed by atoms with Gasteiger partial charge in [-0.25, -0.2) is 0 Å². The molecular weight excluding hydrogens is 262 g/mol. The molecule has 1 N–H and O–H groups in total. The van der Waals surface area contributed by atoms with E-state index in [4.69, 9.17) is 4.74 Å². The molecular formula is C17H23N3O. The summed E-state index contributed by atoms with van der Waals surface area (Å²) in [7, 11) is 0. The predicted molar refractivity (Wildman–Crippen MR) is 82.0 cm³/mol. The average molecular weight is 285 g/mol. The Morgan fingerprint density at radius 3 is 3.00 bits per heavy atom. The van der Waals surface area contributed by atoms with Gasteiger partial charge in [-0.1, -0.05) is 18.2 Å². The first-order valence-corrected chi connectivity index (χ1v) is 7.80. The molecule has 1 atom stereocenters. The normalized spacial score (nSPS) is 21.5. The molecule has 21 heavy (non-hydrogen) atoms. The van der Waals surface area contributed by atoms with Crippen molar-refractivity contribution in [2.75, 3.05) is 19.7 Å². The van der Waals surface area contributed by atoms with Gasteiger partial charge in [-0.2, -0.15) is 5.26 Å². The minimum Gasteiger partial charge on any atom is -0.492 e. The first-order valence-electron chi connectivity index (χ1n) is 7.80. The molecule has 0 bridgehead atoms. The van der Waals surface area contributed by atoms with Gasteiger partial charge < -0.3 is 4.74 Å². The van der Waals surface area contributed by atoms with Gasteiger partial charge in [0.05, 0.1) is 6.07 Å². The number of para-hydroxylation sites is 1. The van der Waals surface area contributed by atoms with E-state index in [0.717, 1.165) is 38.4 Å². The standard InChI is InChI=1S/C17H23N3O/c1-17(13-18,19-15-6-7-15)8-9-20-10-11-21-16-5-3-2-4-14(16)12-20/h2-5,15,19H,6-12H2,1H3. The van der Waals surface area contributed by atoms with Crippen molar-refractivity contribution in [1.82, 2.24) is 10.2 Å². The topological polar surface area (TPSA) is 48.3 Å². The molecule has 0 saturated heterocycles. The summed E-state index contributed by atoms with van der Waals surface area (Å²) in [6.07, 6.45) is 3.27. The molecule has 1 saturated carbocycles. The number of hydrogen-bond acceptors (Lipinski definition) is 4. The van der Waals surface area contributed by atoms with Crippen LogP contribution >= 0.6 is 0 Å². The highest BCUT2D eigenvalue weighted by Crippen LogP contribution is 2.25. The monoisotopic (exact) mass is 285 g/mol. The quantitative estimate of drug-likeness (QED) is 0.902. The number of hydrogen-bond donors (Lipinski definition) is 1. The highest BCUT2D eigenvalue weighted by atomic mass is 16.5. The fourth-order valence-electron chi connectivity index (χ4n) is 2.79. The van der Waals surface area contributed by atoms with Crippen LogP contribution in [-0.2, 0) is 6.54 Å². The van der Waals surface area contributed by atoms with Gasteiger partial charge in [0.1, 0.15) is 17.9 Å². The third-order valence-corrected chi connectivity index (χ3v) is 4.31. The molecule has 1 aliphatic carbocycles. The predicted octanol–water partition coefficient (Wildman–Crippen LogP) is 2.31. The Morgan fingerprint density at radius 1 is 1.43 bits per heavy atom. The van der Waals surface area contributed by atoms with Crippen LogP contribution in [0, 0.1) is 11.3 Å². The fraction of sp³-hybridized carbons (Fsp3) is 0.588. The lowest BCUT2D eigenvalue weighted by molar-refractivity contribution is 0.209. The highest BCUT2D eigenvalue weighted by Gasteiger charge is 2.32. The minimum atomic E-state index is -0.409. The summed E-state index contributed by atoms with van der Waals surface area (Å²) in [5.41, 5.74) is 0.831. The van der Waals surface area contributed by atoms with E-state index in [2.05, 4.69) is 28.4 Å².